The Morgan fingerprint density at radius 1 is 0.593 bits per heavy atom. The van der Waals surface area contributed by atoms with E-state index in [2.05, 4.69) is 69.7 Å². The molecule has 1 unspecified atom stereocenters. The number of nitrogen functional groups attached to an aromatic ring is 1. The number of ketones is 1. The Labute approximate surface area is 359 Å². The minimum atomic E-state index is -0.240. The third kappa shape index (κ3) is 19.3. The predicted molar refractivity (Wildman–Crippen MR) is 251 cm³/mol. The zero-order valence-corrected chi connectivity index (χ0v) is 39.3. The van der Waals surface area contributed by atoms with Crippen LogP contribution in [0.5, 0.6) is 0 Å². The van der Waals surface area contributed by atoms with E-state index < -0.39 is 0 Å². The van der Waals surface area contributed by atoms with E-state index in [0.29, 0.717) is 29.2 Å². The maximum absolute atomic E-state index is 12.3. The van der Waals surface area contributed by atoms with Crippen molar-refractivity contribution in [1.29, 1.82) is 0 Å². The Balaban J connectivity index is 0. The fourth-order valence-corrected chi connectivity index (χ4v) is 5.93. The van der Waals surface area contributed by atoms with Crippen LogP contribution in [0.4, 0.5) is 0 Å². The van der Waals surface area contributed by atoms with E-state index in [4.69, 9.17) is 5.84 Å². The van der Waals surface area contributed by atoms with E-state index in [0.717, 1.165) is 64.0 Å². The first-order valence-electron chi connectivity index (χ1n) is 20.6. The van der Waals surface area contributed by atoms with Crippen LogP contribution in [0.15, 0.2) is 59.7 Å². The minimum Gasteiger partial charge on any atom is -0.352 e. The molecule has 5 N–H and O–H groups in total. The van der Waals surface area contributed by atoms with Crippen molar-refractivity contribution in [1.82, 2.24) is 16.2 Å². The molecule has 3 rings (SSSR count). The monoisotopic (exact) mass is 816 g/mol. The Bertz CT molecular complexity index is 1840. The number of aryl methyl sites for hydroxylation is 3. The number of hydrogen-bond acceptors (Lipinski definition) is 6. The maximum Gasteiger partial charge on any atom is 0.271 e. The highest BCUT2D eigenvalue weighted by Crippen LogP contribution is 2.28. The van der Waals surface area contributed by atoms with Gasteiger partial charge in [0, 0.05) is 46.2 Å². The van der Waals surface area contributed by atoms with Crippen LogP contribution < -0.4 is 22.0 Å². The lowest BCUT2D eigenvalue weighted by atomic mass is 9.79. The van der Waals surface area contributed by atoms with Gasteiger partial charge in [-0.25, -0.2) is 11.3 Å². The Morgan fingerprint density at radius 2 is 0.983 bits per heavy atom. The number of nitrogens with zero attached hydrogens (tertiary/aromatic N) is 1. The van der Waals surface area contributed by atoms with Crippen LogP contribution in [0, 0.1) is 63.7 Å². The van der Waals surface area contributed by atoms with Crippen molar-refractivity contribution < 1.29 is 19.2 Å². The molecule has 0 aliphatic rings. The highest BCUT2D eigenvalue weighted by Gasteiger charge is 2.24. The van der Waals surface area contributed by atoms with Crippen molar-refractivity contribution >= 4 is 29.2 Å². The van der Waals surface area contributed by atoms with Crippen molar-refractivity contribution in [2.75, 3.05) is 6.54 Å². The first-order valence-corrected chi connectivity index (χ1v) is 20.6. The molecular formula is C50H81N5O4. The molecule has 9 heteroatoms. The lowest BCUT2D eigenvalue weighted by Gasteiger charge is -2.30. The van der Waals surface area contributed by atoms with Gasteiger partial charge >= 0.3 is 0 Å². The molecule has 0 bridgehead atoms. The molecule has 330 valence electrons. The van der Waals surface area contributed by atoms with Gasteiger partial charge in [-0.2, -0.15) is 5.10 Å². The molecule has 0 aliphatic carbocycles. The largest absolute Gasteiger partial charge is 0.352 e. The van der Waals surface area contributed by atoms with Crippen LogP contribution in [0.25, 0.3) is 0 Å². The number of nitrogens with two attached hydrogens (primary N) is 1. The Kier molecular flexibility index (Phi) is 24.7. The standard InChI is InChI=1S/C17H27NO.C16H24N2O.C9H12N2O.C7H14O.CH4/c1-7-14(17(4,5)6)11-18-16(19)15-10-8-9-12(2)13(15)3;1-7-14(16(4,5)6)17-18-15(19)13-10-8-9-11(2)12(13)3;1-6-4-3-5-8(7(6)2)9(12)11-10;1-5-6(8)7(2,3)4;/h8-10,14H,7,11H2,1-6H3,(H,18,19);8-10H,7H2,1-6H3,(H,18,19);3-5H,10H2,1-2H3,(H,11,12);5H2,1-4H3;1H4/b;17-14+;;;. The number of hydrogen-bond donors (Lipinski definition) is 4. The second kappa shape index (κ2) is 25.8. The molecule has 3 aromatic carbocycles. The average molecular weight is 816 g/mol. The number of benzene rings is 3. The number of amides is 3. The van der Waals surface area contributed by atoms with E-state index in [1.807, 2.05) is 125 Å². The van der Waals surface area contributed by atoms with Crippen molar-refractivity contribution in [2.45, 2.75) is 151 Å². The summed E-state index contributed by atoms with van der Waals surface area (Å²) in [5, 5.41) is 7.36. The third-order valence-electron chi connectivity index (χ3n) is 10.6. The SMILES string of the molecule is C.CC/C(=N\NC(=O)c1cccc(C)c1C)C(C)(C)C.CCC(=O)C(C)(C)C.CCC(CNC(=O)c1cccc(C)c1C)C(C)(C)C.Cc1cccc(C(=O)NN)c1C. The smallest absolute Gasteiger partial charge is 0.271 e. The lowest BCUT2D eigenvalue weighted by Crippen LogP contribution is -2.35. The molecule has 0 spiro atoms. The van der Waals surface area contributed by atoms with E-state index in [9.17, 15) is 19.2 Å². The predicted octanol–water partition coefficient (Wildman–Crippen LogP) is 11.5. The molecule has 0 aromatic heterocycles. The summed E-state index contributed by atoms with van der Waals surface area (Å²) >= 11 is 0. The zero-order chi connectivity index (χ0) is 45.2. The van der Waals surface area contributed by atoms with Gasteiger partial charge in [-0.05, 0) is 111 Å². The normalized spacial score (nSPS) is 11.7. The summed E-state index contributed by atoms with van der Waals surface area (Å²) in [5.41, 5.74) is 14.4. The number of hydrazine groups is 1. The summed E-state index contributed by atoms with van der Waals surface area (Å²) in [6.45, 7) is 37.5. The van der Waals surface area contributed by atoms with Crippen LogP contribution in [0.1, 0.15) is 174 Å². The second-order valence-corrected chi connectivity index (χ2v) is 18.0. The van der Waals surface area contributed by atoms with Gasteiger partial charge in [-0.3, -0.25) is 24.6 Å². The maximum atomic E-state index is 12.3. The topological polar surface area (TPSA) is 143 Å². The fourth-order valence-electron chi connectivity index (χ4n) is 5.93. The van der Waals surface area contributed by atoms with E-state index >= 15 is 0 Å². The summed E-state index contributed by atoms with van der Waals surface area (Å²) in [6.07, 6.45) is 2.57. The van der Waals surface area contributed by atoms with Crippen molar-refractivity contribution in [2.24, 2.45) is 33.1 Å². The molecule has 9 nitrogen and oxygen atoms in total. The van der Waals surface area contributed by atoms with Crippen molar-refractivity contribution in [3.63, 3.8) is 0 Å². The van der Waals surface area contributed by atoms with Crippen LogP contribution >= 0.6 is 0 Å². The molecule has 0 aliphatic heterocycles. The molecule has 3 amide bonds. The zero-order valence-electron chi connectivity index (χ0n) is 39.3. The van der Waals surface area contributed by atoms with Crippen molar-refractivity contribution in [3.05, 3.63) is 105 Å². The highest BCUT2D eigenvalue weighted by molar-refractivity contribution is 5.98. The van der Waals surface area contributed by atoms with Crippen molar-refractivity contribution in [3.8, 4) is 0 Å². The fraction of sp³-hybridized carbons (Fsp3) is 0.540. The van der Waals surface area contributed by atoms with Gasteiger partial charge in [0.25, 0.3) is 17.7 Å². The molecule has 59 heavy (non-hydrogen) atoms. The van der Waals surface area contributed by atoms with E-state index in [1.165, 1.54) is 0 Å². The highest BCUT2D eigenvalue weighted by atomic mass is 16.2. The van der Waals surface area contributed by atoms with Gasteiger partial charge in [0.2, 0.25) is 0 Å². The molecule has 0 radical (unpaired) electrons. The van der Waals surface area contributed by atoms with Gasteiger partial charge in [0.15, 0.2) is 0 Å². The van der Waals surface area contributed by atoms with E-state index in [-0.39, 0.29) is 41.4 Å². The number of carbonyl (C=O) groups is 4. The van der Waals surface area contributed by atoms with Crippen LogP contribution in [-0.4, -0.2) is 35.8 Å². The summed E-state index contributed by atoms with van der Waals surface area (Å²) < 4.78 is 0. The van der Waals surface area contributed by atoms with Crippen LogP contribution in [-0.2, 0) is 4.79 Å². The van der Waals surface area contributed by atoms with Crippen LogP contribution in [0.3, 0.4) is 0 Å². The average Bonchev–Trinajstić information content (AvgIpc) is 3.14. The number of hydrazone groups is 1. The summed E-state index contributed by atoms with van der Waals surface area (Å²) in [7, 11) is 0. The molecule has 0 saturated heterocycles. The number of carbonyl (C=O) groups excluding carboxylic acids is 4. The van der Waals surface area contributed by atoms with Gasteiger partial charge in [-0.1, -0.05) is 133 Å². The van der Waals surface area contributed by atoms with Gasteiger partial charge in [-0.15, -0.1) is 0 Å². The minimum absolute atomic E-state index is 0. The summed E-state index contributed by atoms with van der Waals surface area (Å²) in [5.74, 6) is 5.52. The van der Waals surface area contributed by atoms with Gasteiger partial charge < -0.3 is 5.32 Å². The third-order valence-corrected chi connectivity index (χ3v) is 10.6. The molecule has 0 heterocycles. The number of rotatable bonds is 9. The van der Waals surface area contributed by atoms with Crippen LogP contribution in [0.2, 0.25) is 0 Å². The molecule has 0 fully saturated rings. The van der Waals surface area contributed by atoms with E-state index in [1.54, 1.807) is 6.07 Å². The molecule has 3 aromatic rings. The molecular weight excluding hydrogens is 735 g/mol. The molecule has 1 atom stereocenters. The summed E-state index contributed by atoms with van der Waals surface area (Å²) in [6, 6.07) is 17.2. The number of Topliss-reactive ketones (excluding diaryl/α,β-unsaturated/α-hetero) is 1. The quantitative estimate of drug-likeness (QED) is 0.0736. The Morgan fingerprint density at radius 3 is 1.27 bits per heavy atom. The summed E-state index contributed by atoms with van der Waals surface area (Å²) in [4.78, 5) is 46.4. The first kappa shape index (κ1) is 56.5. The van der Waals surface area contributed by atoms with Gasteiger partial charge in [0.1, 0.15) is 5.78 Å². The first-order chi connectivity index (χ1) is 26.7. The Hall–Kier alpha value is -4.63. The second-order valence-electron chi connectivity index (χ2n) is 18.0. The lowest BCUT2D eigenvalue weighted by molar-refractivity contribution is -0.125. The number of nitrogens with one attached hydrogen (secondary N) is 3. The van der Waals surface area contributed by atoms with Gasteiger partial charge in [0.05, 0.1) is 0 Å². The molecule has 0 saturated carbocycles.